The molecular weight excluding hydrogens is 314 g/mol. The molecule has 2 amide bonds. The molecule has 0 radical (unpaired) electrons. The van der Waals surface area contributed by atoms with Crippen LogP contribution < -0.4 is 10.6 Å². The fourth-order valence-corrected chi connectivity index (χ4v) is 4.06. The highest BCUT2D eigenvalue weighted by Crippen LogP contribution is 2.19. The molecule has 134 valence electrons. The number of likely N-dealkylation sites (tertiary alicyclic amines) is 1. The maximum Gasteiger partial charge on any atom is 0.315 e. The van der Waals surface area contributed by atoms with E-state index in [0.717, 1.165) is 62.3 Å². The molecule has 1 aromatic carbocycles. The normalized spacial score (nSPS) is 21.8. The standard InChI is InChI=1S/C19H27N5O/c25-19(21-15-5-1-2-6-15)20-11-14-9-10-24(12-14)13-18-22-16-7-3-4-8-17(16)23-18/h3-4,7-8,14-15H,1-2,5-6,9-13H2,(H,22,23)(H2,20,21,25). The van der Waals surface area contributed by atoms with Crippen molar-refractivity contribution < 1.29 is 4.79 Å². The molecule has 4 rings (SSSR count). The van der Waals surface area contributed by atoms with Crippen LogP contribution in [0, 0.1) is 5.92 Å². The smallest absolute Gasteiger partial charge is 0.315 e. The average molecular weight is 341 g/mol. The number of aromatic nitrogens is 2. The van der Waals surface area contributed by atoms with Crippen LogP contribution in [0.15, 0.2) is 24.3 Å². The van der Waals surface area contributed by atoms with Crippen LogP contribution in [0.25, 0.3) is 11.0 Å². The molecule has 25 heavy (non-hydrogen) atoms. The van der Waals surface area contributed by atoms with E-state index in [1.165, 1.54) is 12.8 Å². The fourth-order valence-electron chi connectivity index (χ4n) is 4.06. The van der Waals surface area contributed by atoms with E-state index < -0.39 is 0 Å². The second-order valence-corrected chi connectivity index (χ2v) is 7.43. The molecule has 2 fully saturated rings. The SMILES string of the molecule is O=C(NCC1CCN(Cc2nc3ccccc3[nH]2)C1)NC1CCCC1. The third-order valence-corrected chi connectivity index (χ3v) is 5.42. The number of benzene rings is 1. The molecule has 2 aliphatic rings. The molecule has 2 heterocycles. The Labute approximate surface area is 148 Å². The number of hydrogen-bond acceptors (Lipinski definition) is 3. The second-order valence-electron chi connectivity index (χ2n) is 7.43. The Balaban J connectivity index is 1.22. The van der Waals surface area contributed by atoms with Crippen LogP contribution in [0.4, 0.5) is 4.79 Å². The maximum absolute atomic E-state index is 12.0. The Morgan fingerprint density at radius 3 is 2.92 bits per heavy atom. The number of urea groups is 1. The molecule has 6 nitrogen and oxygen atoms in total. The van der Waals surface area contributed by atoms with Crippen molar-refractivity contribution >= 4 is 17.1 Å². The molecule has 6 heteroatoms. The number of hydrogen-bond donors (Lipinski definition) is 3. The third kappa shape index (κ3) is 4.12. The highest BCUT2D eigenvalue weighted by molar-refractivity contribution is 5.75. The summed E-state index contributed by atoms with van der Waals surface area (Å²) in [5, 5.41) is 6.15. The van der Waals surface area contributed by atoms with Crippen molar-refractivity contribution in [1.29, 1.82) is 0 Å². The van der Waals surface area contributed by atoms with Crippen LogP contribution in [0.5, 0.6) is 0 Å². The molecule has 1 atom stereocenters. The highest BCUT2D eigenvalue weighted by Gasteiger charge is 2.24. The topological polar surface area (TPSA) is 73.0 Å². The second kappa shape index (κ2) is 7.44. The molecule has 1 aromatic heterocycles. The van der Waals surface area contributed by atoms with Gasteiger partial charge in [-0.15, -0.1) is 0 Å². The Morgan fingerprint density at radius 2 is 2.08 bits per heavy atom. The summed E-state index contributed by atoms with van der Waals surface area (Å²) in [4.78, 5) is 22.4. The number of nitrogens with one attached hydrogen (secondary N) is 3. The predicted molar refractivity (Wildman–Crippen MR) is 98.3 cm³/mol. The van der Waals surface area contributed by atoms with E-state index >= 15 is 0 Å². The number of carbonyl (C=O) groups excluding carboxylic acids is 1. The number of imidazole rings is 1. The van der Waals surface area contributed by atoms with E-state index in [1.54, 1.807) is 0 Å². The van der Waals surface area contributed by atoms with E-state index in [-0.39, 0.29) is 6.03 Å². The Hall–Kier alpha value is -2.08. The first-order valence-corrected chi connectivity index (χ1v) is 9.46. The van der Waals surface area contributed by atoms with Gasteiger partial charge in [0.2, 0.25) is 0 Å². The molecule has 3 N–H and O–H groups in total. The number of aromatic amines is 1. The van der Waals surface area contributed by atoms with Crippen LogP contribution in [0.3, 0.4) is 0 Å². The van der Waals surface area contributed by atoms with Gasteiger partial charge in [-0.2, -0.15) is 0 Å². The van der Waals surface area contributed by atoms with Crippen molar-refractivity contribution in [2.75, 3.05) is 19.6 Å². The molecule has 1 aliphatic heterocycles. The Kier molecular flexibility index (Phi) is 4.88. The number of fused-ring (bicyclic) bond motifs is 1. The van der Waals surface area contributed by atoms with Crippen molar-refractivity contribution in [3.8, 4) is 0 Å². The van der Waals surface area contributed by atoms with Gasteiger partial charge in [0.25, 0.3) is 0 Å². The number of amides is 2. The lowest BCUT2D eigenvalue weighted by Crippen LogP contribution is -2.42. The van der Waals surface area contributed by atoms with E-state index in [1.807, 2.05) is 18.2 Å². The van der Waals surface area contributed by atoms with Crippen LogP contribution in [-0.4, -0.2) is 46.6 Å². The van der Waals surface area contributed by atoms with E-state index in [9.17, 15) is 4.79 Å². The summed E-state index contributed by atoms with van der Waals surface area (Å²) in [5.41, 5.74) is 2.12. The van der Waals surface area contributed by atoms with Gasteiger partial charge in [0.15, 0.2) is 0 Å². The van der Waals surface area contributed by atoms with Gasteiger partial charge < -0.3 is 15.6 Å². The zero-order valence-electron chi connectivity index (χ0n) is 14.6. The van der Waals surface area contributed by atoms with Gasteiger partial charge >= 0.3 is 6.03 Å². The van der Waals surface area contributed by atoms with Crippen LogP contribution >= 0.6 is 0 Å². The fraction of sp³-hybridized carbons (Fsp3) is 0.579. The minimum atomic E-state index is 0.00244. The van der Waals surface area contributed by atoms with E-state index in [4.69, 9.17) is 0 Å². The number of para-hydroxylation sites is 2. The Bertz CT molecular complexity index is 688. The van der Waals surface area contributed by atoms with Gasteiger partial charge in [0.1, 0.15) is 5.82 Å². The summed E-state index contributed by atoms with van der Waals surface area (Å²) in [5.74, 6) is 1.55. The first kappa shape index (κ1) is 16.4. The molecule has 1 unspecified atom stereocenters. The minimum Gasteiger partial charge on any atom is -0.341 e. The van der Waals surface area contributed by atoms with Gasteiger partial charge in [0, 0.05) is 19.1 Å². The molecule has 0 spiro atoms. The van der Waals surface area contributed by atoms with Gasteiger partial charge in [-0.1, -0.05) is 25.0 Å². The first-order valence-electron chi connectivity index (χ1n) is 9.46. The lowest BCUT2D eigenvalue weighted by atomic mass is 10.1. The van der Waals surface area contributed by atoms with Crippen molar-refractivity contribution in [3.05, 3.63) is 30.1 Å². The zero-order valence-corrected chi connectivity index (χ0v) is 14.6. The third-order valence-electron chi connectivity index (χ3n) is 5.42. The summed E-state index contributed by atoms with van der Waals surface area (Å²) in [6, 6.07) is 8.52. The summed E-state index contributed by atoms with van der Waals surface area (Å²) in [7, 11) is 0. The predicted octanol–water partition coefficient (Wildman–Crippen LogP) is 2.63. The van der Waals surface area contributed by atoms with Gasteiger partial charge in [0.05, 0.1) is 17.6 Å². The van der Waals surface area contributed by atoms with Crippen LogP contribution in [-0.2, 0) is 6.54 Å². The van der Waals surface area contributed by atoms with Crippen molar-refractivity contribution in [3.63, 3.8) is 0 Å². The number of nitrogens with zero attached hydrogens (tertiary/aromatic N) is 2. The molecule has 1 saturated heterocycles. The molecule has 0 bridgehead atoms. The van der Waals surface area contributed by atoms with Gasteiger partial charge in [-0.25, -0.2) is 9.78 Å². The maximum atomic E-state index is 12.0. The summed E-state index contributed by atoms with van der Waals surface area (Å²) in [6.45, 7) is 3.68. The first-order chi connectivity index (χ1) is 12.3. The van der Waals surface area contributed by atoms with Crippen LogP contribution in [0.1, 0.15) is 37.9 Å². The number of rotatable bonds is 5. The highest BCUT2D eigenvalue weighted by atomic mass is 16.2. The quantitative estimate of drug-likeness (QED) is 0.783. The van der Waals surface area contributed by atoms with Crippen molar-refractivity contribution in [2.24, 2.45) is 5.92 Å². The molecule has 1 saturated carbocycles. The minimum absolute atomic E-state index is 0.00244. The summed E-state index contributed by atoms with van der Waals surface area (Å²) < 4.78 is 0. The van der Waals surface area contributed by atoms with E-state index in [0.29, 0.717) is 12.0 Å². The molecule has 2 aromatic rings. The zero-order chi connectivity index (χ0) is 17.1. The summed E-state index contributed by atoms with van der Waals surface area (Å²) in [6.07, 6.45) is 5.86. The number of H-pyrrole nitrogens is 1. The molecule has 1 aliphatic carbocycles. The number of carbonyl (C=O) groups is 1. The Morgan fingerprint density at radius 1 is 1.24 bits per heavy atom. The van der Waals surface area contributed by atoms with Gasteiger partial charge in [-0.3, -0.25) is 4.90 Å². The lowest BCUT2D eigenvalue weighted by Gasteiger charge is -2.16. The van der Waals surface area contributed by atoms with Gasteiger partial charge in [-0.05, 0) is 43.9 Å². The average Bonchev–Trinajstić information content (AvgIpc) is 3.33. The largest absolute Gasteiger partial charge is 0.341 e. The lowest BCUT2D eigenvalue weighted by molar-refractivity contribution is 0.234. The van der Waals surface area contributed by atoms with E-state index in [2.05, 4.69) is 31.6 Å². The van der Waals surface area contributed by atoms with Crippen molar-refractivity contribution in [2.45, 2.75) is 44.7 Å². The monoisotopic (exact) mass is 341 g/mol. The van der Waals surface area contributed by atoms with Crippen molar-refractivity contribution in [1.82, 2.24) is 25.5 Å². The summed E-state index contributed by atoms with van der Waals surface area (Å²) >= 11 is 0. The molecular formula is C19H27N5O. The van der Waals surface area contributed by atoms with Crippen LogP contribution in [0.2, 0.25) is 0 Å².